The smallest absolute Gasteiger partial charge is 0.377 e. The Morgan fingerprint density at radius 1 is 0.667 bits per heavy atom. The second kappa shape index (κ2) is 8.61. The Balaban J connectivity index is 1.69. The lowest BCUT2D eigenvalue weighted by atomic mass is 10.2. The molecule has 0 radical (unpaired) electrons. The van der Waals surface area contributed by atoms with Crippen molar-refractivity contribution in [3.05, 3.63) is 71.8 Å². The van der Waals surface area contributed by atoms with Gasteiger partial charge in [-0.15, -0.1) is 0 Å². The highest BCUT2D eigenvalue weighted by atomic mass is 16.5. The van der Waals surface area contributed by atoms with Crippen LogP contribution in [0.3, 0.4) is 0 Å². The monoisotopic (exact) mass is 404 g/mol. The molecular weight excluding hydrogens is 376 g/mol. The molecule has 154 valence electrons. The van der Waals surface area contributed by atoms with Crippen molar-refractivity contribution in [3.8, 4) is 0 Å². The van der Waals surface area contributed by atoms with Gasteiger partial charge in [0, 0.05) is 12.8 Å². The van der Waals surface area contributed by atoms with Gasteiger partial charge in [0.1, 0.15) is 0 Å². The molecule has 6 nitrogen and oxygen atoms in total. The van der Waals surface area contributed by atoms with Gasteiger partial charge in [0.2, 0.25) is 25.2 Å². The van der Waals surface area contributed by atoms with Gasteiger partial charge in [-0.2, -0.15) is 9.15 Å². The van der Waals surface area contributed by atoms with Crippen molar-refractivity contribution in [1.82, 2.24) is 0 Å². The molecule has 2 aliphatic heterocycles. The summed E-state index contributed by atoms with van der Waals surface area (Å²) in [4.78, 5) is 0. The van der Waals surface area contributed by atoms with Gasteiger partial charge >= 0.3 is 11.8 Å². The lowest BCUT2D eigenvalue weighted by molar-refractivity contribution is -0.615. The Kier molecular flexibility index (Phi) is 5.74. The van der Waals surface area contributed by atoms with Gasteiger partial charge in [-0.1, -0.05) is 50.2 Å². The van der Waals surface area contributed by atoms with Gasteiger partial charge in [-0.25, -0.2) is 0 Å². The molecule has 2 unspecified atom stereocenters. The van der Waals surface area contributed by atoms with Crippen molar-refractivity contribution in [3.63, 3.8) is 0 Å². The third-order valence-corrected chi connectivity index (χ3v) is 5.69. The highest BCUT2D eigenvalue weighted by Gasteiger charge is 2.44. The number of nitrogens with zero attached hydrogens (tertiary/aromatic N) is 2. The van der Waals surface area contributed by atoms with E-state index in [-0.39, 0.29) is 12.1 Å². The molecule has 0 amide bonds. The Bertz CT molecular complexity index is 929. The van der Waals surface area contributed by atoms with Gasteiger partial charge in [-0.05, 0) is 24.3 Å². The van der Waals surface area contributed by atoms with Crippen LogP contribution in [0.25, 0.3) is 0 Å². The minimum Gasteiger partial charge on any atom is -0.383 e. The summed E-state index contributed by atoms with van der Waals surface area (Å²) in [6, 6.07) is 19.8. The van der Waals surface area contributed by atoms with Crippen LogP contribution in [0.2, 0.25) is 0 Å². The fourth-order valence-electron chi connectivity index (χ4n) is 4.18. The quantitative estimate of drug-likeness (QED) is 0.694. The molecule has 0 aliphatic carbocycles. The zero-order chi connectivity index (χ0) is 21.1. The maximum absolute atomic E-state index is 8.32. The number of benzene rings is 2. The Hall–Kier alpha value is -3.28. The van der Waals surface area contributed by atoms with Crippen LogP contribution >= 0.6 is 0 Å². The maximum Gasteiger partial charge on any atom is 0.377 e. The third-order valence-electron chi connectivity index (χ3n) is 5.69. The number of hydrogen-bond donors (Lipinski definition) is 2. The van der Waals surface area contributed by atoms with Crippen LogP contribution < -0.4 is 0 Å². The third kappa shape index (κ3) is 3.65. The van der Waals surface area contributed by atoms with Gasteiger partial charge in [0.05, 0.1) is 11.1 Å². The molecule has 30 heavy (non-hydrogen) atoms. The van der Waals surface area contributed by atoms with Crippen molar-refractivity contribution in [2.75, 3.05) is 13.1 Å². The molecule has 0 spiro atoms. The first kappa shape index (κ1) is 20.0. The van der Waals surface area contributed by atoms with Crippen LogP contribution in [-0.4, -0.2) is 57.9 Å². The molecule has 2 atom stereocenters. The maximum atomic E-state index is 8.32. The van der Waals surface area contributed by atoms with E-state index in [4.69, 9.17) is 20.3 Å². The molecule has 2 aliphatic rings. The van der Waals surface area contributed by atoms with Crippen LogP contribution in [0.1, 0.15) is 37.8 Å². The minimum atomic E-state index is -0.0802. The fraction of sp³-hybridized carbons (Fsp3) is 0.333. The van der Waals surface area contributed by atoms with Crippen LogP contribution in [0.4, 0.5) is 0 Å². The molecule has 2 N–H and O–H groups in total. The average Bonchev–Trinajstić information content (AvgIpc) is 3.28. The topological polar surface area (TPSA) is 72.2 Å². The summed E-state index contributed by atoms with van der Waals surface area (Å²) in [5.41, 5.74) is 1.95. The zero-order valence-electron chi connectivity index (χ0n) is 17.5. The van der Waals surface area contributed by atoms with Gasteiger partial charge in [-0.3, -0.25) is 10.8 Å². The van der Waals surface area contributed by atoms with Crippen LogP contribution in [0.15, 0.2) is 60.7 Å². The lowest BCUT2D eigenvalue weighted by Crippen LogP contribution is -2.37. The summed E-state index contributed by atoms with van der Waals surface area (Å²) in [6.07, 6.45) is 1.60. The van der Waals surface area contributed by atoms with Crippen LogP contribution in [-0.2, 0) is 9.47 Å². The van der Waals surface area contributed by atoms with Crippen molar-refractivity contribution < 1.29 is 18.6 Å². The van der Waals surface area contributed by atoms with Crippen LogP contribution in [0.5, 0.6) is 0 Å². The first-order valence-corrected chi connectivity index (χ1v) is 10.5. The predicted octanol–water partition coefficient (Wildman–Crippen LogP) is 3.48. The van der Waals surface area contributed by atoms with Crippen molar-refractivity contribution in [2.45, 2.75) is 38.8 Å². The Morgan fingerprint density at radius 2 is 1.03 bits per heavy atom. The first-order valence-electron chi connectivity index (χ1n) is 10.5. The fourth-order valence-corrected chi connectivity index (χ4v) is 4.18. The molecule has 2 aromatic carbocycles. The number of rotatable bonds is 7. The Labute approximate surface area is 177 Å². The molecule has 0 aromatic heterocycles. The van der Waals surface area contributed by atoms with Gasteiger partial charge in [0.15, 0.2) is 0 Å². The first-order chi connectivity index (χ1) is 14.6. The number of hydrogen-bond acceptors (Lipinski definition) is 4. The van der Waals surface area contributed by atoms with Crippen LogP contribution in [0, 0.1) is 10.8 Å². The summed E-state index contributed by atoms with van der Waals surface area (Å²) in [5.74, 6) is 2.05. The van der Waals surface area contributed by atoms with E-state index in [0.29, 0.717) is 24.9 Å². The summed E-state index contributed by atoms with van der Waals surface area (Å²) in [7, 11) is 0. The molecule has 0 saturated carbocycles. The van der Waals surface area contributed by atoms with E-state index in [1.807, 2.05) is 60.7 Å². The molecule has 0 fully saturated rings. The zero-order valence-corrected chi connectivity index (χ0v) is 17.5. The summed E-state index contributed by atoms with van der Waals surface area (Å²) >= 11 is 0. The lowest BCUT2D eigenvalue weighted by Gasteiger charge is -2.08. The highest BCUT2D eigenvalue weighted by molar-refractivity contribution is 6.03. The van der Waals surface area contributed by atoms with Crippen molar-refractivity contribution >= 4 is 23.6 Å². The standard InChI is InChI=1S/C24H28N4O2/c1-3-19-21(25)29-23(17-11-7-5-8-12-17)27(19)15-16-28-20(4-2)22(26)30-24(28)18-13-9-6-10-14-18/h5-14,19-20,25-26H,3-4,15-16H2,1-2H3/q+2. The van der Waals surface area contributed by atoms with E-state index in [0.717, 1.165) is 35.8 Å². The SMILES string of the molecule is CCC1C(=N)OC(c2ccccc2)=[N+]1CC[N+]1=C(c2ccccc2)OC(=N)C1CC. The Morgan fingerprint density at radius 3 is 1.37 bits per heavy atom. The highest BCUT2D eigenvalue weighted by Crippen LogP contribution is 2.19. The summed E-state index contributed by atoms with van der Waals surface area (Å²) in [6.45, 7) is 5.51. The number of ether oxygens (including phenoxy) is 2. The average molecular weight is 405 g/mol. The van der Waals surface area contributed by atoms with E-state index in [1.165, 1.54) is 0 Å². The second-order valence-corrected chi connectivity index (χ2v) is 7.51. The number of nitrogens with one attached hydrogen (secondary N) is 2. The molecule has 4 rings (SSSR count). The predicted molar refractivity (Wildman–Crippen MR) is 117 cm³/mol. The minimum absolute atomic E-state index is 0.0802. The van der Waals surface area contributed by atoms with Crippen molar-refractivity contribution in [1.29, 1.82) is 10.8 Å². The van der Waals surface area contributed by atoms with E-state index in [9.17, 15) is 0 Å². The molecule has 2 aromatic rings. The van der Waals surface area contributed by atoms with E-state index in [2.05, 4.69) is 23.0 Å². The summed E-state index contributed by atoms with van der Waals surface area (Å²) in [5, 5.41) is 16.6. The molecule has 6 heteroatoms. The molecule has 0 saturated heterocycles. The molecule has 0 bridgehead atoms. The van der Waals surface area contributed by atoms with Crippen molar-refractivity contribution in [2.24, 2.45) is 0 Å². The van der Waals surface area contributed by atoms with E-state index < -0.39 is 0 Å². The molecular formula is C24H28N4O2+2. The van der Waals surface area contributed by atoms with E-state index >= 15 is 0 Å². The second-order valence-electron chi connectivity index (χ2n) is 7.51. The largest absolute Gasteiger partial charge is 0.383 e. The molecule has 2 heterocycles. The van der Waals surface area contributed by atoms with Gasteiger partial charge in [0.25, 0.3) is 11.8 Å². The normalized spacial score (nSPS) is 21.3. The van der Waals surface area contributed by atoms with E-state index in [1.54, 1.807) is 0 Å². The summed E-state index contributed by atoms with van der Waals surface area (Å²) < 4.78 is 16.1. The van der Waals surface area contributed by atoms with Gasteiger partial charge < -0.3 is 9.47 Å².